The highest BCUT2D eigenvalue weighted by atomic mass is 32.2. The molecule has 100 valence electrons. The largest absolute Gasteiger partial charge is 0.277 e. The van der Waals surface area contributed by atoms with Crippen molar-refractivity contribution in [3.8, 4) is 17.1 Å². The molecule has 1 aromatic carbocycles. The van der Waals surface area contributed by atoms with Gasteiger partial charge in [0.1, 0.15) is 5.82 Å². The standard InChI is InChI=1S/C14H13N5S/c1-2-18-8-10(7-15-18)14-17-16-13-9-20-12-6-4-3-5-11(12)19(13)14/h3-8H,2,9H2,1H3. The molecule has 1 aliphatic heterocycles. The first-order valence-corrected chi connectivity index (χ1v) is 7.54. The van der Waals surface area contributed by atoms with Gasteiger partial charge < -0.3 is 0 Å². The molecule has 0 atom stereocenters. The molecule has 0 saturated heterocycles. The van der Waals surface area contributed by atoms with Gasteiger partial charge in [-0.05, 0) is 19.1 Å². The van der Waals surface area contributed by atoms with E-state index in [0.717, 1.165) is 35.2 Å². The maximum Gasteiger partial charge on any atom is 0.171 e. The van der Waals surface area contributed by atoms with Crippen LogP contribution in [0.4, 0.5) is 0 Å². The maximum absolute atomic E-state index is 4.36. The number of fused-ring (bicyclic) bond motifs is 3. The number of aromatic nitrogens is 5. The van der Waals surface area contributed by atoms with Crippen LogP contribution in [-0.2, 0) is 12.3 Å². The average Bonchev–Trinajstić information content (AvgIpc) is 3.13. The van der Waals surface area contributed by atoms with Crippen molar-refractivity contribution >= 4 is 11.8 Å². The van der Waals surface area contributed by atoms with Crippen molar-refractivity contribution in [2.24, 2.45) is 0 Å². The van der Waals surface area contributed by atoms with Gasteiger partial charge >= 0.3 is 0 Å². The highest BCUT2D eigenvalue weighted by molar-refractivity contribution is 7.98. The second-order valence-corrected chi connectivity index (χ2v) is 5.63. The summed E-state index contributed by atoms with van der Waals surface area (Å²) in [5, 5.41) is 13.0. The number of para-hydroxylation sites is 1. The molecular weight excluding hydrogens is 270 g/mol. The van der Waals surface area contributed by atoms with Crippen LogP contribution in [0.1, 0.15) is 12.7 Å². The van der Waals surface area contributed by atoms with Gasteiger partial charge in [-0.1, -0.05) is 12.1 Å². The molecule has 0 amide bonds. The molecule has 0 aliphatic carbocycles. The van der Waals surface area contributed by atoms with E-state index in [1.165, 1.54) is 4.90 Å². The summed E-state index contributed by atoms with van der Waals surface area (Å²) < 4.78 is 4.04. The van der Waals surface area contributed by atoms with Gasteiger partial charge in [0.25, 0.3) is 0 Å². The number of hydrogen-bond acceptors (Lipinski definition) is 4. The molecule has 5 nitrogen and oxygen atoms in total. The van der Waals surface area contributed by atoms with E-state index < -0.39 is 0 Å². The smallest absolute Gasteiger partial charge is 0.171 e. The van der Waals surface area contributed by atoms with Crippen molar-refractivity contribution in [2.75, 3.05) is 0 Å². The zero-order valence-corrected chi connectivity index (χ0v) is 11.8. The number of aryl methyl sites for hydroxylation is 1. The van der Waals surface area contributed by atoms with Crippen molar-refractivity contribution in [1.82, 2.24) is 24.5 Å². The van der Waals surface area contributed by atoms with Crippen LogP contribution in [0, 0.1) is 0 Å². The Labute approximate surface area is 120 Å². The third-order valence-corrected chi connectivity index (χ3v) is 4.47. The fourth-order valence-electron chi connectivity index (χ4n) is 2.41. The maximum atomic E-state index is 4.36. The van der Waals surface area contributed by atoms with E-state index >= 15 is 0 Å². The second-order valence-electron chi connectivity index (χ2n) is 4.62. The molecule has 3 aromatic rings. The predicted octanol–water partition coefficient (Wildman–Crippen LogP) is 2.76. The summed E-state index contributed by atoms with van der Waals surface area (Å²) in [4.78, 5) is 1.27. The van der Waals surface area contributed by atoms with Crippen molar-refractivity contribution in [2.45, 2.75) is 24.1 Å². The Kier molecular flexibility index (Phi) is 2.63. The fourth-order valence-corrected chi connectivity index (χ4v) is 3.36. The first-order valence-electron chi connectivity index (χ1n) is 6.56. The highest BCUT2D eigenvalue weighted by Gasteiger charge is 2.22. The van der Waals surface area contributed by atoms with E-state index in [1.807, 2.05) is 23.1 Å². The Morgan fingerprint density at radius 1 is 1.25 bits per heavy atom. The van der Waals surface area contributed by atoms with Gasteiger partial charge in [0, 0.05) is 17.6 Å². The van der Waals surface area contributed by atoms with Crippen LogP contribution in [0.15, 0.2) is 41.6 Å². The molecule has 0 unspecified atom stereocenters. The third-order valence-electron chi connectivity index (χ3n) is 3.41. The summed E-state index contributed by atoms with van der Waals surface area (Å²) in [6.07, 6.45) is 3.87. The summed E-state index contributed by atoms with van der Waals surface area (Å²) in [5.74, 6) is 2.71. The van der Waals surface area contributed by atoms with E-state index in [0.29, 0.717) is 0 Å². The molecule has 0 spiro atoms. The van der Waals surface area contributed by atoms with Gasteiger partial charge in [0.2, 0.25) is 0 Å². The SMILES string of the molecule is CCn1cc(-c2nnc3n2-c2ccccc2SC3)cn1. The molecule has 2 aromatic heterocycles. The predicted molar refractivity (Wildman–Crippen MR) is 77.8 cm³/mol. The summed E-state index contributed by atoms with van der Waals surface area (Å²) >= 11 is 1.81. The third kappa shape index (κ3) is 1.68. The van der Waals surface area contributed by atoms with Gasteiger partial charge in [0.15, 0.2) is 5.82 Å². The Bertz CT molecular complexity index is 773. The van der Waals surface area contributed by atoms with Crippen LogP contribution >= 0.6 is 11.8 Å². The normalized spacial score (nSPS) is 13.1. The molecular formula is C14H13N5S. The van der Waals surface area contributed by atoms with Crippen LogP contribution in [0.3, 0.4) is 0 Å². The second kappa shape index (κ2) is 4.49. The Morgan fingerprint density at radius 2 is 2.15 bits per heavy atom. The van der Waals surface area contributed by atoms with Gasteiger partial charge in [-0.25, -0.2) is 0 Å². The topological polar surface area (TPSA) is 48.5 Å². The number of thioether (sulfide) groups is 1. The first kappa shape index (κ1) is 11.7. The molecule has 6 heteroatoms. The molecule has 0 saturated carbocycles. The molecule has 20 heavy (non-hydrogen) atoms. The fraction of sp³-hybridized carbons (Fsp3) is 0.214. The Balaban J connectivity index is 1.91. The first-order chi connectivity index (χ1) is 9.86. The number of benzene rings is 1. The van der Waals surface area contributed by atoms with Crippen LogP contribution in [-0.4, -0.2) is 24.5 Å². The Hall–Kier alpha value is -2.08. The average molecular weight is 283 g/mol. The van der Waals surface area contributed by atoms with Crippen LogP contribution in [0.5, 0.6) is 0 Å². The van der Waals surface area contributed by atoms with E-state index in [9.17, 15) is 0 Å². The van der Waals surface area contributed by atoms with Crippen LogP contribution in [0.2, 0.25) is 0 Å². The minimum atomic E-state index is 0.853. The van der Waals surface area contributed by atoms with E-state index in [4.69, 9.17) is 0 Å². The molecule has 1 aliphatic rings. The number of nitrogens with zero attached hydrogens (tertiary/aromatic N) is 5. The Morgan fingerprint density at radius 3 is 3.00 bits per heavy atom. The lowest BCUT2D eigenvalue weighted by Gasteiger charge is -2.18. The van der Waals surface area contributed by atoms with Crippen LogP contribution in [0.25, 0.3) is 17.1 Å². The summed E-state index contributed by atoms with van der Waals surface area (Å²) in [6.45, 7) is 2.93. The van der Waals surface area contributed by atoms with Gasteiger partial charge in [0.05, 0.1) is 23.2 Å². The minimum absolute atomic E-state index is 0.853. The summed E-state index contributed by atoms with van der Waals surface area (Å²) in [5.41, 5.74) is 2.16. The summed E-state index contributed by atoms with van der Waals surface area (Å²) in [6, 6.07) is 8.37. The van der Waals surface area contributed by atoms with Crippen molar-refractivity contribution in [1.29, 1.82) is 0 Å². The van der Waals surface area contributed by atoms with Crippen molar-refractivity contribution in [3.05, 3.63) is 42.5 Å². The lowest BCUT2D eigenvalue weighted by atomic mass is 10.2. The number of hydrogen-bond donors (Lipinski definition) is 0. The van der Waals surface area contributed by atoms with E-state index in [2.05, 4.69) is 45.0 Å². The lowest BCUT2D eigenvalue weighted by molar-refractivity contribution is 0.660. The number of rotatable bonds is 2. The quantitative estimate of drug-likeness (QED) is 0.725. The highest BCUT2D eigenvalue weighted by Crippen LogP contribution is 2.36. The molecule has 3 heterocycles. The van der Waals surface area contributed by atoms with Crippen molar-refractivity contribution < 1.29 is 0 Å². The van der Waals surface area contributed by atoms with E-state index in [-0.39, 0.29) is 0 Å². The zero-order chi connectivity index (χ0) is 13.5. The zero-order valence-electron chi connectivity index (χ0n) is 11.0. The van der Waals surface area contributed by atoms with E-state index in [1.54, 1.807) is 11.8 Å². The molecule has 0 N–H and O–H groups in total. The molecule has 0 radical (unpaired) electrons. The summed E-state index contributed by atoms with van der Waals surface area (Å²) in [7, 11) is 0. The minimum Gasteiger partial charge on any atom is -0.277 e. The van der Waals surface area contributed by atoms with Gasteiger partial charge in [-0.3, -0.25) is 9.25 Å². The van der Waals surface area contributed by atoms with Gasteiger partial charge in [-0.15, -0.1) is 22.0 Å². The molecule has 0 bridgehead atoms. The van der Waals surface area contributed by atoms with Crippen LogP contribution < -0.4 is 0 Å². The lowest BCUT2D eigenvalue weighted by Crippen LogP contribution is -2.07. The molecule has 0 fully saturated rings. The molecule has 4 rings (SSSR count). The van der Waals surface area contributed by atoms with Gasteiger partial charge in [-0.2, -0.15) is 5.10 Å². The monoisotopic (exact) mass is 283 g/mol. The van der Waals surface area contributed by atoms with Crippen molar-refractivity contribution in [3.63, 3.8) is 0 Å².